The summed E-state index contributed by atoms with van der Waals surface area (Å²) in [7, 11) is 0. The summed E-state index contributed by atoms with van der Waals surface area (Å²) in [4.78, 5) is 20.4. The van der Waals surface area contributed by atoms with Crippen LogP contribution >= 0.6 is 11.6 Å². The lowest BCUT2D eigenvalue weighted by Gasteiger charge is -2.15. The number of halogens is 1. The fourth-order valence-electron chi connectivity index (χ4n) is 1.56. The highest BCUT2D eigenvalue weighted by molar-refractivity contribution is 6.33. The Balaban J connectivity index is 2.94. The van der Waals surface area contributed by atoms with Gasteiger partial charge < -0.3 is 5.32 Å². The number of rotatable bonds is 5. The second kappa shape index (κ2) is 6.69. The summed E-state index contributed by atoms with van der Waals surface area (Å²) in [5, 5.41) is 3.22. The molecule has 0 radical (unpaired) electrons. The van der Waals surface area contributed by atoms with Gasteiger partial charge in [-0.05, 0) is 12.8 Å². The standard InChI is InChI=1S/C13H20ClN3O/c1-5-9(6-2)16-13(18)11-10(14)7-15-12(17-11)8(3)4/h7-9H,5-6H2,1-4H3,(H,16,18). The number of carbonyl (C=O) groups is 1. The maximum Gasteiger partial charge on any atom is 0.271 e. The molecule has 1 heterocycles. The predicted octanol–water partition coefficient (Wildman–Crippen LogP) is 3.17. The minimum atomic E-state index is -0.224. The highest BCUT2D eigenvalue weighted by atomic mass is 35.5. The van der Waals surface area contributed by atoms with E-state index in [1.165, 1.54) is 6.20 Å². The summed E-state index contributed by atoms with van der Waals surface area (Å²) < 4.78 is 0. The molecular weight excluding hydrogens is 250 g/mol. The Morgan fingerprint density at radius 2 is 2.00 bits per heavy atom. The van der Waals surface area contributed by atoms with Gasteiger partial charge in [0.25, 0.3) is 5.91 Å². The fraction of sp³-hybridized carbons (Fsp3) is 0.615. The van der Waals surface area contributed by atoms with Crippen LogP contribution in [0, 0.1) is 0 Å². The lowest BCUT2D eigenvalue weighted by Crippen LogP contribution is -2.34. The largest absolute Gasteiger partial charge is 0.348 e. The first-order chi connectivity index (χ1) is 8.49. The molecule has 5 heteroatoms. The van der Waals surface area contributed by atoms with Crippen molar-refractivity contribution in [3.05, 3.63) is 22.7 Å². The van der Waals surface area contributed by atoms with Gasteiger partial charge in [-0.25, -0.2) is 9.97 Å². The van der Waals surface area contributed by atoms with E-state index in [-0.39, 0.29) is 23.6 Å². The average molecular weight is 270 g/mol. The number of carbonyl (C=O) groups excluding carboxylic acids is 1. The topological polar surface area (TPSA) is 54.9 Å². The van der Waals surface area contributed by atoms with Gasteiger partial charge in [-0.2, -0.15) is 0 Å². The van der Waals surface area contributed by atoms with Gasteiger partial charge in [-0.1, -0.05) is 39.3 Å². The molecule has 0 unspecified atom stereocenters. The molecule has 0 aliphatic carbocycles. The summed E-state index contributed by atoms with van der Waals surface area (Å²) in [6.45, 7) is 8.03. The molecule has 4 nitrogen and oxygen atoms in total. The molecule has 0 saturated heterocycles. The number of amides is 1. The van der Waals surface area contributed by atoms with E-state index in [4.69, 9.17) is 11.6 Å². The third-order valence-electron chi connectivity index (χ3n) is 2.82. The van der Waals surface area contributed by atoms with Crippen molar-refractivity contribution in [1.29, 1.82) is 0 Å². The minimum absolute atomic E-state index is 0.158. The minimum Gasteiger partial charge on any atom is -0.348 e. The van der Waals surface area contributed by atoms with E-state index in [9.17, 15) is 4.79 Å². The average Bonchev–Trinajstić information content (AvgIpc) is 2.35. The zero-order valence-electron chi connectivity index (χ0n) is 11.3. The van der Waals surface area contributed by atoms with E-state index >= 15 is 0 Å². The Labute approximate surface area is 113 Å². The van der Waals surface area contributed by atoms with Crippen molar-refractivity contribution >= 4 is 17.5 Å². The van der Waals surface area contributed by atoms with Crippen LogP contribution in [0.4, 0.5) is 0 Å². The van der Waals surface area contributed by atoms with Crippen LogP contribution in [0.2, 0.25) is 5.02 Å². The van der Waals surface area contributed by atoms with Gasteiger partial charge in [0.15, 0.2) is 0 Å². The SMILES string of the molecule is CCC(CC)NC(=O)c1nc(C(C)C)ncc1Cl. The quantitative estimate of drug-likeness (QED) is 0.893. The third kappa shape index (κ3) is 3.67. The molecule has 0 saturated carbocycles. The molecule has 100 valence electrons. The second-order valence-corrected chi connectivity index (χ2v) is 4.97. The Hall–Kier alpha value is -1.16. The molecule has 1 amide bonds. The summed E-state index contributed by atoms with van der Waals surface area (Å²) >= 11 is 5.98. The van der Waals surface area contributed by atoms with Crippen LogP contribution in [-0.4, -0.2) is 21.9 Å². The molecular formula is C13H20ClN3O. The highest BCUT2D eigenvalue weighted by Crippen LogP contribution is 2.16. The van der Waals surface area contributed by atoms with E-state index in [1.807, 2.05) is 27.7 Å². The Bertz CT molecular complexity index is 417. The van der Waals surface area contributed by atoms with Gasteiger partial charge in [0.1, 0.15) is 11.5 Å². The van der Waals surface area contributed by atoms with Gasteiger partial charge in [0.2, 0.25) is 0 Å². The van der Waals surface area contributed by atoms with Crippen molar-refractivity contribution in [2.45, 2.75) is 52.5 Å². The van der Waals surface area contributed by atoms with E-state index in [0.717, 1.165) is 12.8 Å². The molecule has 0 aliphatic rings. The molecule has 0 atom stereocenters. The van der Waals surface area contributed by atoms with Gasteiger partial charge in [-0.15, -0.1) is 0 Å². The van der Waals surface area contributed by atoms with E-state index in [2.05, 4.69) is 15.3 Å². The molecule has 1 N–H and O–H groups in total. The van der Waals surface area contributed by atoms with Gasteiger partial charge >= 0.3 is 0 Å². The maximum atomic E-state index is 12.1. The molecule has 1 rings (SSSR count). The van der Waals surface area contributed by atoms with Crippen LogP contribution in [0.15, 0.2) is 6.20 Å². The number of hydrogen-bond donors (Lipinski definition) is 1. The number of nitrogens with zero attached hydrogens (tertiary/aromatic N) is 2. The lowest BCUT2D eigenvalue weighted by atomic mass is 10.1. The van der Waals surface area contributed by atoms with Crippen molar-refractivity contribution in [2.24, 2.45) is 0 Å². The first-order valence-electron chi connectivity index (χ1n) is 6.32. The predicted molar refractivity (Wildman–Crippen MR) is 73.0 cm³/mol. The molecule has 0 bridgehead atoms. The number of aromatic nitrogens is 2. The van der Waals surface area contributed by atoms with Crippen LogP contribution in [-0.2, 0) is 0 Å². The molecule has 0 fully saturated rings. The number of hydrogen-bond acceptors (Lipinski definition) is 3. The van der Waals surface area contributed by atoms with Gasteiger partial charge in [-0.3, -0.25) is 4.79 Å². The fourth-order valence-corrected chi connectivity index (χ4v) is 1.74. The van der Waals surface area contributed by atoms with E-state index in [0.29, 0.717) is 10.8 Å². The van der Waals surface area contributed by atoms with Crippen molar-refractivity contribution in [2.75, 3.05) is 0 Å². The summed E-state index contributed by atoms with van der Waals surface area (Å²) in [6.07, 6.45) is 3.27. The molecule has 0 aliphatic heterocycles. The van der Waals surface area contributed by atoms with Crippen molar-refractivity contribution < 1.29 is 4.79 Å². The molecule has 1 aromatic heterocycles. The zero-order chi connectivity index (χ0) is 13.7. The van der Waals surface area contributed by atoms with E-state index in [1.54, 1.807) is 0 Å². The van der Waals surface area contributed by atoms with Gasteiger partial charge in [0.05, 0.1) is 11.2 Å². The molecule has 1 aromatic rings. The Kier molecular flexibility index (Phi) is 5.54. The lowest BCUT2D eigenvalue weighted by molar-refractivity contribution is 0.0929. The second-order valence-electron chi connectivity index (χ2n) is 4.57. The smallest absolute Gasteiger partial charge is 0.271 e. The van der Waals surface area contributed by atoms with Crippen LogP contribution in [0.5, 0.6) is 0 Å². The normalized spacial score (nSPS) is 11.1. The van der Waals surface area contributed by atoms with Crippen LogP contribution in [0.1, 0.15) is 62.8 Å². The summed E-state index contributed by atoms with van der Waals surface area (Å²) in [5.74, 6) is 0.578. The number of nitrogens with one attached hydrogen (secondary N) is 1. The van der Waals surface area contributed by atoms with E-state index < -0.39 is 0 Å². The van der Waals surface area contributed by atoms with Crippen molar-refractivity contribution in [1.82, 2.24) is 15.3 Å². The van der Waals surface area contributed by atoms with Crippen LogP contribution < -0.4 is 5.32 Å². The monoisotopic (exact) mass is 269 g/mol. The maximum absolute atomic E-state index is 12.1. The van der Waals surface area contributed by atoms with Crippen molar-refractivity contribution in [3.8, 4) is 0 Å². The molecule has 0 aromatic carbocycles. The van der Waals surface area contributed by atoms with Crippen LogP contribution in [0.25, 0.3) is 0 Å². The molecule has 0 spiro atoms. The van der Waals surface area contributed by atoms with Gasteiger partial charge in [0, 0.05) is 12.0 Å². The Morgan fingerprint density at radius 3 is 2.50 bits per heavy atom. The zero-order valence-corrected chi connectivity index (χ0v) is 12.1. The highest BCUT2D eigenvalue weighted by Gasteiger charge is 2.17. The summed E-state index contributed by atoms with van der Waals surface area (Å²) in [6, 6.07) is 0.158. The summed E-state index contributed by atoms with van der Waals surface area (Å²) in [5.41, 5.74) is 0.266. The molecule has 18 heavy (non-hydrogen) atoms. The van der Waals surface area contributed by atoms with Crippen molar-refractivity contribution in [3.63, 3.8) is 0 Å². The van der Waals surface area contributed by atoms with Crippen LogP contribution in [0.3, 0.4) is 0 Å². The third-order valence-corrected chi connectivity index (χ3v) is 3.09. The first kappa shape index (κ1) is 14.9. The first-order valence-corrected chi connectivity index (χ1v) is 6.70. The Morgan fingerprint density at radius 1 is 1.39 bits per heavy atom.